The van der Waals surface area contributed by atoms with Gasteiger partial charge in [0.15, 0.2) is 16.9 Å². The quantitative estimate of drug-likeness (QED) is 0.508. The molecule has 14 heavy (non-hydrogen) atoms. The zero-order chi connectivity index (χ0) is 11.3. The highest BCUT2D eigenvalue weighted by Crippen LogP contribution is 2.16. The fraction of sp³-hybridized carbons (Fsp3) is 0.818. The lowest BCUT2D eigenvalue weighted by Gasteiger charge is -2.15. The highest BCUT2D eigenvalue weighted by molar-refractivity contribution is 6.42. The number of halogens is 1. The van der Waals surface area contributed by atoms with E-state index in [0.717, 1.165) is 12.8 Å². The molecule has 0 spiro atoms. The second-order valence-corrected chi connectivity index (χ2v) is 4.22. The Kier molecular flexibility index (Phi) is 6.01. The van der Waals surface area contributed by atoms with E-state index in [1.165, 1.54) is 0 Å². The van der Waals surface area contributed by atoms with Gasteiger partial charge in [-0.25, -0.2) is 0 Å². The molecule has 0 aliphatic heterocycles. The Balaban J connectivity index is 4.39. The van der Waals surface area contributed by atoms with Crippen LogP contribution in [0.4, 0.5) is 0 Å². The van der Waals surface area contributed by atoms with Gasteiger partial charge in [0, 0.05) is 11.8 Å². The number of hydrogen-bond donors (Lipinski definition) is 0. The zero-order valence-electron chi connectivity index (χ0n) is 9.34. The minimum Gasteiger partial charge on any atom is -0.297 e. The lowest BCUT2D eigenvalue weighted by Crippen LogP contribution is -2.32. The molecule has 0 aromatic carbocycles. The number of alkyl halides is 1. The second kappa shape index (κ2) is 6.18. The molecule has 2 unspecified atom stereocenters. The molecule has 0 fully saturated rings. The molecule has 0 aromatic heterocycles. The largest absolute Gasteiger partial charge is 0.297 e. The fourth-order valence-corrected chi connectivity index (χ4v) is 1.47. The second-order valence-electron chi connectivity index (χ2n) is 3.79. The van der Waals surface area contributed by atoms with Crippen LogP contribution < -0.4 is 0 Å². The number of hydrogen-bond acceptors (Lipinski definition) is 2. The van der Waals surface area contributed by atoms with Crippen LogP contribution in [0.5, 0.6) is 0 Å². The van der Waals surface area contributed by atoms with E-state index < -0.39 is 5.38 Å². The molecule has 3 heteroatoms. The van der Waals surface area contributed by atoms with E-state index in [0.29, 0.717) is 0 Å². The van der Waals surface area contributed by atoms with E-state index in [1.54, 1.807) is 0 Å². The molecule has 0 heterocycles. The topological polar surface area (TPSA) is 34.1 Å². The van der Waals surface area contributed by atoms with E-state index in [2.05, 4.69) is 0 Å². The molecule has 2 atom stereocenters. The Bertz CT molecular complexity index is 191. The van der Waals surface area contributed by atoms with Gasteiger partial charge in [-0.1, -0.05) is 27.7 Å². The molecule has 82 valence electrons. The summed E-state index contributed by atoms with van der Waals surface area (Å²) in [4.78, 5) is 23.2. The Morgan fingerprint density at radius 3 is 1.50 bits per heavy atom. The van der Waals surface area contributed by atoms with E-state index in [1.807, 2.05) is 27.7 Å². The molecule has 0 aromatic rings. The standard InChI is InChI=1S/C11H19ClO2/c1-5-7(3)10(13)9(12)11(14)8(4)6-2/h7-9H,5-6H2,1-4H3. The van der Waals surface area contributed by atoms with Crippen LogP contribution in [0, 0.1) is 11.8 Å². The predicted octanol–water partition coefficient (Wildman–Crippen LogP) is 2.82. The van der Waals surface area contributed by atoms with Crippen LogP contribution in [-0.4, -0.2) is 16.9 Å². The van der Waals surface area contributed by atoms with Crippen molar-refractivity contribution in [1.29, 1.82) is 0 Å². The maximum Gasteiger partial charge on any atom is 0.160 e. The van der Waals surface area contributed by atoms with Crippen molar-refractivity contribution in [2.24, 2.45) is 11.8 Å². The molecular weight excluding hydrogens is 200 g/mol. The van der Waals surface area contributed by atoms with Gasteiger partial charge in [-0.15, -0.1) is 11.6 Å². The summed E-state index contributed by atoms with van der Waals surface area (Å²) in [6.45, 7) is 7.45. The van der Waals surface area contributed by atoms with E-state index in [9.17, 15) is 9.59 Å². The predicted molar refractivity (Wildman–Crippen MR) is 58.6 cm³/mol. The number of ketones is 2. The van der Waals surface area contributed by atoms with Gasteiger partial charge in [0.2, 0.25) is 0 Å². The van der Waals surface area contributed by atoms with Gasteiger partial charge in [-0.2, -0.15) is 0 Å². The smallest absolute Gasteiger partial charge is 0.160 e. The molecule has 0 radical (unpaired) electrons. The number of carbonyl (C=O) groups is 2. The molecule has 0 saturated carbocycles. The third-order valence-electron chi connectivity index (χ3n) is 2.70. The van der Waals surface area contributed by atoms with Crippen molar-refractivity contribution in [3.8, 4) is 0 Å². The van der Waals surface area contributed by atoms with Gasteiger partial charge >= 0.3 is 0 Å². The average Bonchev–Trinajstić information content (AvgIpc) is 2.23. The van der Waals surface area contributed by atoms with Gasteiger partial charge in [0.05, 0.1) is 0 Å². The Labute approximate surface area is 91.0 Å². The summed E-state index contributed by atoms with van der Waals surface area (Å²) in [7, 11) is 0. The van der Waals surface area contributed by atoms with Crippen molar-refractivity contribution < 1.29 is 9.59 Å². The number of Topliss-reactive ketones (excluding diaryl/α,β-unsaturated/α-hetero) is 2. The van der Waals surface area contributed by atoms with Crippen LogP contribution in [0.3, 0.4) is 0 Å². The van der Waals surface area contributed by atoms with Crippen LogP contribution in [0.25, 0.3) is 0 Å². The van der Waals surface area contributed by atoms with Gasteiger partial charge < -0.3 is 0 Å². The van der Waals surface area contributed by atoms with Gasteiger partial charge in [-0.3, -0.25) is 9.59 Å². The fourth-order valence-electron chi connectivity index (χ4n) is 1.04. The van der Waals surface area contributed by atoms with Crippen molar-refractivity contribution >= 4 is 23.2 Å². The maximum absolute atomic E-state index is 11.6. The molecule has 0 aliphatic carbocycles. The van der Waals surface area contributed by atoms with Crippen LogP contribution in [0.1, 0.15) is 40.5 Å². The highest BCUT2D eigenvalue weighted by Gasteiger charge is 2.29. The minimum atomic E-state index is -0.945. The molecule has 0 saturated heterocycles. The van der Waals surface area contributed by atoms with Crippen LogP contribution in [0.2, 0.25) is 0 Å². The summed E-state index contributed by atoms with van der Waals surface area (Å²) in [6.07, 6.45) is 1.46. The third-order valence-corrected chi connectivity index (χ3v) is 3.13. The average molecular weight is 219 g/mol. The first-order valence-electron chi connectivity index (χ1n) is 5.17. The lowest BCUT2D eigenvalue weighted by molar-refractivity contribution is -0.130. The number of rotatable bonds is 6. The zero-order valence-corrected chi connectivity index (χ0v) is 10.1. The Morgan fingerprint density at radius 2 is 1.29 bits per heavy atom. The Morgan fingerprint density at radius 1 is 1.00 bits per heavy atom. The van der Waals surface area contributed by atoms with Crippen LogP contribution in [0.15, 0.2) is 0 Å². The summed E-state index contributed by atoms with van der Waals surface area (Å²) < 4.78 is 0. The van der Waals surface area contributed by atoms with Gasteiger partial charge in [-0.05, 0) is 12.8 Å². The molecule has 0 N–H and O–H groups in total. The molecule has 0 bridgehead atoms. The molecule has 2 nitrogen and oxygen atoms in total. The van der Waals surface area contributed by atoms with Crippen LogP contribution >= 0.6 is 11.6 Å². The van der Waals surface area contributed by atoms with Crippen molar-refractivity contribution in [1.82, 2.24) is 0 Å². The summed E-state index contributed by atoms with van der Waals surface area (Å²) in [5.74, 6) is -0.519. The summed E-state index contributed by atoms with van der Waals surface area (Å²) in [6, 6.07) is 0. The van der Waals surface area contributed by atoms with Gasteiger partial charge in [0.1, 0.15) is 0 Å². The summed E-state index contributed by atoms with van der Waals surface area (Å²) in [5.41, 5.74) is 0. The first-order valence-corrected chi connectivity index (χ1v) is 5.60. The van der Waals surface area contributed by atoms with Crippen molar-refractivity contribution in [2.45, 2.75) is 45.9 Å². The first kappa shape index (κ1) is 13.6. The van der Waals surface area contributed by atoms with Crippen molar-refractivity contribution in [3.05, 3.63) is 0 Å². The third kappa shape index (κ3) is 3.41. The molecule has 0 aliphatic rings. The monoisotopic (exact) mass is 218 g/mol. The van der Waals surface area contributed by atoms with Crippen molar-refractivity contribution in [3.63, 3.8) is 0 Å². The maximum atomic E-state index is 11.6. The lowest BCUT2D eigenvalue weighted by atomic mass is 9.93. The van der Waals surface area contributed by atoms with Gasteiger partial charge in [0.25, 0.3) is 0 Å². The van der Waals surface area contributed by atoms with Crippen LogP contribution in [-0.2, 0) is 9.59 Å². The first-order chi connectivity index (χ1) is 6.45. The van der Waals surface area contributed by atoms with E-state index >= 15 is 0 Å². The molecule has 0 rings (SSSR count). The number of carbonyl (C=O) groups excluding carboxylic acids is 2. The Hall–Kier alpha value is -0.370. The minimum absolute atomic E-state index is 0.120. The SMILES string of the molecule is CCC(C)C(=O)C(Cl)C(=O)C(C)CC. The summed E-state index contributed by atoms with van der Waals surface area (Å²) in [5, 5.41) is -0.945. The normalized spacial score (nSPS) is 17.2. The van der Waals surface area contributed by atoms with E-state index in [4.69, 9.17) is 11.6 Å². The molecule has 0 amide bonds. The van der Waals surface area contributed by atoms with E-state index in [-0.39, 0.29) is 23.4 Å². The molecular formula is C11H19ClO2. The highest BCUT2D eigenvalue weighted by atomic mass is 35.5. The summed E-state index contributed by atoms with van der Waals surface area (Å²) >= 11 is 5.83. The van der Waals surface area contributed by atoms with Crippen molar-refractivity contribution in [2.75, 3.05) is 0 Å².